The van der Waals surface area contributed by atoms with E-state index in [1.807, 2.05) is 24.3 Å². The Bertz CT molecular complexity index is 447. The van der Waals surface area contributed by atoms with Gasteiger partial charge in [-0.05, 0) is 63.4 Å². The fraction of sp³-hybridized carbons (Fsp3) is 0.632. The van der Waals surface area contributed by atoms with Gasteiger partial charge in [0.25, 0.3) is 0 Å². The van der Waals surface area contributed by atoms with Crippen LogP contribution in [0.3, 0.4) is 0 Å². The molecule has 22 heavy (non-hydrogen) atoms. The molecule has 0 amide bonds. The molecule has 2 N–H and O–H groups in total. The average molecular weight is 301 g/mol. The Morgan fingerprint density at radius 1 is 1.09 bits per heavy atom. The van der Waals surface area contributed by atoms with Gasteiger partial charge in [-0.15, -0.1) is 0 Å². The lowest BCUT2D eigenvalue weighted by Crippen LogP contribution is -2.37. The van der Waals surface area contributed by atoms with Gasteiger partial charge in [-0.1, -0.05) is 32.4 Å². The second-order valence-electron chi connectivity index (χ2n) is 6.24. The molecule has 0 saturated heterocycles. The number of hydrogen-bond donors (Lipinski definition) is 1. The normalized spacial score (nSPS) is 13.8. The van der Waals surface area contributed by atoms with Crippen LogP contribution in [0.1, 0.15) is 57.6 Å². The van der Waals surface area contributed by atoms with Gasteiger partial charge in [-0.2, -0.15) is 5.26 Å². The van der Waals surface area contributed by atoms with E-state index in [0.29, 0.717) is 11.6 Å². The highest BCUT2D eigenvalue weighted by molar-refractivity contribution is 5.31. The SMILES string of the molecule is CCC[C@H](C)N(CCC)CC[C@H](N)Cc1ccc(C#N)cc1. The van der Waals surface area contributed by atoms with E-state index in [0.717, 1.165) is 25.9 Å². The van der Waals surface area contributed by atoms with Gasteiger partial charge < -0.3 is 10.6 Å². The molecule has 0 unspecified atom stereocenters. The molecule has 0 aromatic heterocycles. The quantitative estimate of drug-likeness (QED) is 0.716. The highest BCUT2D eigenvalue weighted by Gasteiger charge is 2.14. The van der Waals surface area contributed by atoms with E-state index in [2.05, 4.69) is 31.7 Å². The maximum atomic E-state index is 8.82. The zero-order valence-corrected chi connectivity index (χ0v) is 14.4. The van der Waals surface area contributed by atoms with Gasteiger partial charge in [-0.3, -0.25) is 0 Å². The van der Waals surface area contributed by atoms with Crippen LogP contribution in [0.25, 0.3) is 0 Å². The Kier molecular flexibility index (Phi) is 8.81. The first kappa shape index (κ1) is 18.7. The van der Waals surface area contributed by atoms with Crippen LogP contribution >= 0.6 is 0 Å². The molecule has 3 heteroatoms. The summed E-state index contributed by atoms with van der Waals surface area (Å²) in [7, 11) is 0. The molecule has 0 aliphatic rings. The van der Waals surface area contributed by atoms with E-state index in [1.54, 1.807) is 0 Å². The monoisotopic (exact) mass is 301 g/mol. The van der Waals surface area contributed by atoms with Crippen LogP contribution in [0, 0.1) is 11.3 Å². The maximum absolute atomic E-state index is 8.82. The molecule has 0 heterocycles. The lowest BCUT2D eigenvalue weighted by Gasteiger charge is -2.29. The highest BCUT2D eigenvalue weighted by atomic mass is 15.1. The van der Waals surface area contributed by atoms with Crippen molar-refractivity contribution < 1.29 is 0 Å². The highest BCUT2D eigenvalue weighted by Crippen LogP contribution is 2.11. The summed E-state index contributed by atoms with van der Waals surface area (Å²) in [5, 5.41) is 8.82. The minimum atomic E-state index is 0.182. The molecule has 0 radical (unpaired) electrons. The first-order valence-corrected chi connectivity index (χ1v) is 8.59. The molecular formula is C19H31N3. The van der Waals surface area contributed by atoms with Gasteiger partial charge in [0.2, 0.25) is 0 Å². The Balaban J connectivity index is 2.45. The summed E-state index contributed by atoms with van der Waals surface area (Å²) < 4.78 is 0. The number of nitrogens with two attached hydrogens (primary N) is 1. The minimum absolute atomic E-state index is 0.182. The first-order chi connectivity index (χ1) is 10.6. The molecule has 3 nitrogen and oxygen atoms in total. The lowest BCUT2D eigenvalue weighted by atomic mass is 10.0. The predicted molar refractivity (Wildman–Crippen MR) is 93.7 cm³/mol. The maximum Gasteiger partial charge on any atom is 0.0991 e. The van der Waals surface area contributed by atoms with Crippen molar-refractivity contribution in [3.8, 4) is 6.07 Å². The van der Waals surface area contributed by atoms with Crippen molar-refractivity contribution in [2.24, 2.45) is 5.73 Å². The summed E-state index contributed by atoms with van der Waals surface area (Å²) >= 11 is 0. The van der Waals surface area contributed by atoms with E-state index < -0.39 is 0 Å². The van der Waals surface area contributed by atoms with Crippen LogP contribution < -0.4 is 5.73 Å². The Morgan fingerprint density at radius 3 is 2.32 bits per heavy atom. The zero-order valence-electron chi connectivity index (χ0n) is 14.4. The summed E-state index contributed by atoms with van der Waals surface area (Å²) in [6.07, 6.45) is 5.59. The van der Waals surface area contributed by atoms with Crippen LogP contribution in [0.2, 0.25) is 0 Å². The molecule has 0 fully saturated rings. The van der Waals surface area contributed by atoms with E-state index in [-0.39, 0.29) is 6.04 Å². The summed E-state index contributed by atoms with van der Waals surface area (Å²) in [5.74, 6) is 0. The third-order valence-corrected chi connectivity index (χ3v) is 4.21. The molecule has 0 saturated carbocycles. The second-order valence-corrected chi connectivity index (χ2v) is 6.24. The van der Waals surface area contributed by atoms with E-state index in [4.69, 9.17) is 11.0 Å². The van der Waals surface area contributed by atoms with Crippen molar-refractivity contribution in [3.05, 3.63) is 35.4 Å². The number of nitrogens with zero attached hydrogens (tertiary/aromatic N) is 2. The van der Waals surface area contributed by atoms with Crippen molar-refractivity contribution in [1.29, 1.82) is 5.26 Å². The first-order valence-electron chi connectivity index (χ1n) is 8.59. The van der Waals surface area contributed by atoms with Gasteiger partial charge in [0, 0.05) is 12.1 Å². The second kappa shape index (κ2) is 10.4. The third kappa shape index (κ3) is 6.60. The lowest BCUT2D eigenvalue weighted by molar-refractivity contribution is 0.192. The summed E-state index contributed by atoms with van der Waals surface area (Å²) in [5.41, 5.74) is 8.23. The van der Waals surface area contributed by atoms with Crippen molar-refractivity contribution in [3.63, 3.8) is 0 Å². The topological polar surface area (TPSA) is 53.0 Å². The van der Waals surface area contributed by atoms with Crippen LogP contribution in [0.5, 0.6) is 0 Å². The van der Waals surface area contributed by atoms with Crippen LogP contribution in [0.4, 0.5) is 0 Å². The molecule has 1 aromatic carbocycles. The molecule has 0 bridgehead atoms. The third-order valence-electron chi connectivity index (χ3n) is 4.21. The molecule has 122 valence electrons. The largest absolute Gasteiger partial charge is 0.327 e. The van der Waals surface area contributed by atoms with Gasteiger partial charge in [-0.25, -0.2) is 0 Å². The molecule has 0 spiro atoms. The van der Waals surface area contributed by atoms with Crippen molar-refractivity contribution in [2.75, 3.05) is 13.1 Å². The van der Waals surface area contributed by atoms with Crippen molar-refractivity contribution in [2.45, 2.75) is 65.0 Å². The van der Waals surface area contributed by atoms with Gasteiger partial charge >= 0.3 is 0 Å². The predicted octanol–water partition coefficient (Wildman–Crippen LogP) is 3.72. The molecule has 1 rings (SSSR count). The summed E-state index contributed by atoms with van der Waals surface area (Å²) in [4.78, 5) is 2.57. The summed E-state index contributed by atoms with van der Waals surface area (Å²) in [6, 6.07) is 10.7. The average Bonchev–Trinajstić information content (AvgIpc) is 2.52. The number of hydrogen-bond acceptors (Lipinski definition) is 3. The molecule has 2 atom stereocenters. The van der Waals surface area contributed by atoms with Crippen molar-refractivity contribution in [1.82, 2.24) is 4.90 Å². The fourth-order valence-corrected chi connectivity index (χ4v) is 2.89. The van der Waals surface area contributed by atoms with Crippen LogP contribution in [-0.4, -0.2) is 30.1 Å². The Hall–Kier alpha value is -1.37. The number of nitriles is 1. The molecule has 0 aliphatic carbocycles. The standard InChI is InChI=1S/C19H31N3/c1-4-6-16(3)22(12-5-2)13-11-19(21)14-17-7-9-18(15-20)10-8-17/h7-10,16,19H,4-6,11-14,21H2,1-3H3/t16-,19-/m0/s1. The zero-order chi connectivity index (χ0) is 16.4. The smallest absolute Gasteiger partial charge is 0.0991 e. The van der Waals surface area contributed by atoms with Gasteiger partial charge in [0.05, 0.1) is 11.6 Å². The van der Waals surface area contributed by atoms with Gasteiger partial charge in [0.1, 0.15) is 0 Å². The Morgan fingerprint density at radius 2 is 1.77 bits per heavy atom. The Labute approximate surface area is 136 Å². The summed E-state index contributed by atoms with van der Waals surface area (Å²) in [6.45, 7) is 9.04. The molecule has 0 aliphatic heterocycles. The fourth-order valence-electron chi connectivity index (χ4n) is 2.89. The molecule has 1 aromatic rings. The number of benzene rings is 1. The van der Waals surface area contributed by atoms with E-state index >= 15 is 0 Å². The van der Waals surface area contributed by atoms with E-state index in [9.17, 15) is 0 Å². The van der Waals surface area contributed by atoms with Gasteiger partial charge in [0.15, 0.2) is 0 Å². The van der Waals surface area contributed by atoms with E-state index in [1.165, 1.54) is 24.8 Å². The number of rotatable bonds is 10. The minimum Gasteiger partial charge on any atom is -0.327 e. The van der Waals surface area contributed by atoms with Crippen molar-refractivity contribution >= 4 is 0 Å². The molecular weight excluding hydrogens is 270 g/mol. The van der Waals surface area contributed by atoms with Crippen LogP contribution in [0.15, 0.2) is 24.3 Å². The van der Waals surface area contributed by atoms with Crippen LogP contribution in [-0.2, 0) is 6.42 Å².